The van der Waals surface area contributed by atoms with Crippen LogP contribution in [0.3, 0.4) is 0 Å². The summed E-state index contributed by atoms with van der Waals surface area (Å²) in [4.78, 5) is 15.4. The summed E-state index contributed by atoms with van der Waals surface area (Å²) in [5.74, 6) is 2.02. The van der Waals surface area contributed by atoms with E-state index in [4.69, 9.17) is 15.0 Å². The topological polar surface area (TPSA) is 38.7 Å². The van der Waals surface area contributed by atoms with Crippen LogP contribution in [0.25, 0.3) is 78.0 Å². The van der Waals surface area contributed by atoms with Gasteiger partial charge in [0.15, 0.2) is 17.5 Å². The molecule has 0 unspecified atom stereocenters. The predicted molar refractivity (Wildman–Crippen MR) is 199 cm³/mol. The Balaban J connectivity index is 1.25. The molecule has 9 rings (SSSR count). The van der Waals surface area contributed by atoms with E-state index in [1.54, 1.807) is 0 Å². The summed E-state index contributed by atoms with van der Waals surface area (Å²) in [6.07, 6.45) is 0. The first kappa shape index (κ1) is 27.6. The molecule has 0 N–H and O–H groups in total. The Morgan fingerprint density at radius 2 is 0.894 bits per heavy atom. The molecular weight excluding hydrogens is 587 g/mol. The quantitative estimate of drug-likeness (QED) is 0.185. The summed E-state index contributed by atoms with van der Waals surface area (Å²) in [5.41, 5.74) is 7.99. The van der Waals surface area contributed by atoms with Crippen LogP contribution in [0.5, 0.6) is 0 Å². The molecule has 7 aromatic carbocycles. The van der Waals surface area contributed by atoms with E-state index in [9.17, 15) is 0 Å². The second-order valence-electron chi connectivity index (χ2n) is 12.9. The monoisotopic (exact) mass is 617 g/mol. The molecule has 222 valence electrons. The molecule has 1 aromatic heterocycles. The van der Waals surface area contributed by atoms with E-state index < -0.39 is 8.07 Å². The van der Waals surface area contributed by atoms with Gasteiger partial charge in [-0.05, 0) is 72.4 Å². The van der Waals surface area contributed by atoms with Crippen molar-refractivity contribution in [2.45, 2.75) is 13.1 Å². The van der Waals surface area contributed by atoms with Gasteiger partial charge in [0.05, 0.1) is 0 Å². The number of fused-ring (bicyclic) bond motifs is 5. The molecule has 4 heteroatoms. The smallest absolute Gasteiger partial charge is 0.164 e. The normalized spacial score (nSPS) is 13.1. The lowest BCUT2D eigenvalue weighted by atomic mass is 9.94. The first-order valence-electron chi connectivity index (χ1n) is 16.1. The molecular formula is C43H31N3Si. The average Bonchev–Trinajstić information content (AvgIpc) is 3.35. The van der Waals surface area contributed by atoms with Crippen LogP contribution in [-0.4, -0.2) is 23.0 Å². The maximum atomic E-state index is 5.21. The van der Waals surface area contributed by atoms with Crippen molar-refractivity contribution in [3.8, 4) is 56.4 Å². The maximum absolute atomic E-state index is 5.21. The molecule has 8 aromatic rings. The van der Waals surface area contributed by atoms with Gasteiger partial charge in [0.1, 0.15) is 8.07 Å². The summed E-state index contributed by atoms with van der Waals surface area (Å²) in [5, 5.41) is 7.83. The molecule has 2 heterocycles. The summed E-state index contributed by atoms with van der Waals surface area (Å²) in [6, 6.07) is 54.0. The van der Waals surface area contributed by atoms with E-state index in [-0.39, 0.29) is 0 Å². The molecule has 0 amide bonds. The number of nitrogens with zero attached hydrogens (tertiary/aromatic N) is 3. The molecule has 0 radical (unpaired) electrons. The molecule has 47 heavy (non-hydrogen) atoms. The number of rotatable bonds is 4. The number of aromatic nitrogens is 3. The van der Waals surface area contributed by atoms with Gasteiger partial charge in [0, 0.05) is 16.7 Å². The highest BCUT2D eigenvalue weighted by atomic mass is 28.3. The third-order valence-corrected chi connectivity index (χ3v) is 13.3. The van der Waals surface area contributed by atoms with Crippen LogP contribution in [0.1, 0.15) is 0 Å². The Morgan fingerprint density at radius 3 is 1.62 bits per heavy atom. The average molecular weight is 618 g/mol. The summed E-state index contributed by atoms with van der Waals surface area (Å²) in [6.45, 7) is 4.93. The SMILES string of the molecule is C[Si]1(C)c2ccc(-c3nc(-c4ccccc4)nc(-c4ccc(-c5ccccc5)c5ccccc45)n3)cc2-c2cc3ccccc3cc21. The summed E-state index contributed by atoms with van der Waals surface area (Å²) in [7, 11) is -1.87. The first-order valence-corrected chi connectivity index (χ1v) is 19.1. The van der Waals surface area contributed by atoms with Crippen LogP contribution >= 0.6 is 0 Å². The van der Waals surface area contributed by atoms with Gasteiger partial charge < -0.3 is 0 Å². The number of hydrogen-bond donors (Lipinski definition) is 0. The van der Waals surface area contributed by atoms with Crippen molar-refractivity contribution in [1.82, 2.24) is 15.0 Å². The molecule has 0 saturated carbocycles. The summed E-state index contributed by atoms with van der Waals surface area (Å²) >= 11 is 0. The zero-order valence-electron chi connectivity index (χ0n) is 26.3. The van der Waals surface area contributed by atoms with E-state index in [0.717, 1.165) is 22.1 Å². The molecule has 0 bridgehead atoms. The molecule has 1 aliphatic heterocycles. The molecule has 1 aliphatic rings. The lowest BCUT2D eigenvalue weighted by Gasteiger charge is -2.19. The van der Waals surface area contributed by atoms with Gasteiger partial charge in [-0.3, -0.25) is 0 Å². The Kier molecular flexibility index (Phi) is 6.27. The van der Waals surface area contributed by atoms with Crippen molar-refractivity contribution in [3.05, 3.63) is 152 Å². The third kappa shape index (κ3) is 4.52. The second kappa shape index (κ2) is 10.7. The van der Waals surface area contributed by atoms with Crippen LogP contribution in [0.15, 0.2) is 152 Å². The van der Waals surface area contributed by atoms with E-state index >= 15 is 0 Å². The van der Waals surface area contributed by atoms with Crippen LogP contribution < -0.4 is 10.4 Å². The Morgan fingerprint density at radius 1 is 0.362 bits per heavy atom. The minimum atomic E-state index is -1.87. The third-order valence-electron chi connectivity index (χ3n) is 9.72. The van der Waals surface area contributed by atoms with Gasteiger partial charge >= 0.3 is 0 Å². The van der Waals surface area contributed by atoms with Crippen molar-refractivity contribution >= 4 is 40.0 Å². The minimum absolute atomic E-state index is 0.670. The highest BCUT2D eigenvalue weighted by Gasteiger charge is 2.38. The molecule has 0 aliphatic carbocycles. The second-order valence-corrected chi connectivity index (χ2v) is 17.2. The molecule has 0 atom stereocenters. The van der Waals surface area contributed by atoms with Crippen molar-refractivity contribution < 1.29 is 0 Å². The highest BCUT2D eigenvalue weighted by Crippen LogP contribution is 2.37. The molecule has 0 spiro atoms. The summed E-state index contributed by atoms with van der Waals surface area (Å²) < 4.78 is 0. The van der Waals surface area contributed by atoms with E-state index in [0.29, 0.717) is 17.5 Å². The van der Waals surface area contributed by atoms with Crippen LogP contribution in [0, 0.1) is 0 Å². The maximum Gasteiger partial charge on any atom is 0.164 e. The molecule has 0 fully saturated rings. The van der Waals surface area contributed by atoms with E-state index in [1.807, 2.05) is 18.2 Å². The standard InChI is InChI=1S/C43H31N3Si/c1-47(2)39-24-21-32(26-37(39)38-25-30-17-9-10-18-31(30)27-40(38)47)42-44-41(29-15-7-4-8-16-29)45-43(46-42)36-23-22-33(28-13-5-3-6-14-28)34-19-11-12-20-35(34)36/h3-27H,1-2H3. The lowest BCUT2D eigenvalue weighted by Crippen LogP contribution is -2.49. The lowest BCUT2D eigenvalue weighted by molar-refractivity contribution is 1.08. The van der Waals surface area contributed by atoms with Crippen LogP contribution in [0.4, 0.5) is 0 Å². The van der Waals surface area contributed by atoms with Crippen molar-refractivity contribution in [1.29, 1.82) is 0 Å². The van der Waals surface area contributed by atoms with Crippen LogP contribution in [0.2, 0.25) is 13.1 Å². The Hall–Kier alpha value is -5.71. The fourth-order valence-corrected chi connectivity index (χ4v) is 10.3. The van der Waals surface area contributed by atoms with E-state index in [1.165, 1.54) is 48.8 Å². The minimum Gasteiger partial charge on any atom is -0.208 e. The van der Waals surface area contributed by atoms with Gasteiger partial charge in [0.2, 0.25) is 0 Å². The molecule has 0 saturated heterocycles. The fraction of sp³-hybridized carbons (Fsp3) is 0.0465. The first-order chi connectivity index (χ1) is 23.0. The van der Waals surface area contributed by atoms with Gasteiger partial charge in [-0.2, -0.15) is 0 Å². The largest absolute Gasteiger partial charge is 0.208 e. The number of hydrogen-bond acceptors (Lipinski definition) is 3. The van der Waals surface area contributed by atoms with Crippen molar-refractivity contribution in [3.63, 3.8) is 0 Å². The van der Waals surface area contributed by atoms with Crippen LogP contribution in [-0.2, 0) is 0 Å². The van der Waals surface area contributed by atoms with Gasteiger partial charge in [-0.25, -0.2) is 15.0 Å². The molecule has 3 nitrogen and oxygen atoms in total. The van der Waals surface area contributed by atoms with Crippen molar-refractivity contribution in [2.75, 3.05) is 0 Å². The van der Waals surface area contributed by atoms with Crippen molar-refractivity contribution in [2.24, 2.45) is 0 Å². The fourth-order valence-electron chi connectivity index (χ4n) is 7.28. The zero-order chi connectivity index (χ0) is 31.5. The van der Waals surface area contributed by atoms with Gasteiger partial charge in [-0.15, -0.1) is 0 Å². The predicted octanol–water partition coefficient (Wildman–Crippen LogP) is 9.65. The highest BCUT2D eigenvalue weighted by molar-refractivity contribution is 7.04. The Bertz CT molecular complexity index is 2490. The van der Waals surface area contributed by atoms with E-state index in [2.05, 4.69) is 147 Å². The van der Waals surface area contributed by atoms with Gasteiger partial charge in [0.25, 0.3) is 0 Å². The number of benzene rings is 7. The van der Waals surface area contributed by atoms with Gasteiger partial charge in [-0.1, -0.05) is 147 Å². The Labute approximate surface area is 275 Å². The zero-order valence-corrected chi connectivity index (χ0v) is 27.3.